The number of rotatable bonds is 8. The Morgan fingerprint density at radius 1 is 1.24 bits per heavy atom. The van der Waals surface area contributed by atoms with E-state index in [0.717, 1.165) is 6.54 Å². The lowest BCUT2D eigenvalue weighted by atomic mass is 10.2. The summed E-state index contributed by atoms with van der Waals surface area (Å²) < 4.78 is 26.5. The van der Waals surface area contributed by atoms with E-state index in [1.54, 1.807) is 12.1 Å². The van der Waals surface area contributed by atoms with E-state index in [0.29, 0.717) is 25.1 Å². The molecule has 0 unspecified atom stereocenters. The van der Waals surface area contributed by atoms with Crippen LogP contribution in [0.5, 0.6) is 0 Å². The number of sulfonamides is 1. The molecule has 1 amide bonds. The van der Waals surface area contributed by atoms with Crippen LogP contribution in [0.3, 0.4) is 0 Å². The first-order chi connectivity index (χ1) is 9.86. The van der Waals surface area contributed by atoms with Crippen LogP contribution in [0.2, 0.25) is 0 Å². The van der Waals surface area contributed by atoms with Gasteiger partial charge in [-0.25, -0.2) is 13.1 Å². The highest BCUT2D eigenvalue weighted by Crippen LogP contribution is 2.11. The van der Waals surface area contributed by atoms with Crippen molar-refractivity contribution in [3.63, 3.8) is 0 Å². The summed E-state index contributed by atoms with van der Waals surface area (Å²) in [6, 6.07) is 6.04. The molecule has 1 aromatic rings. The molecule has 0 fully saturated rings. The third kappa shape index (κ3) is 5.82. The fourth-order valence-electron chi connectivity index (χ4n) is 1.62. The minimum Gasteiger partial charge on any atom is -0.351 e. The van der Waals surface area contributed by atoms with Gasteiger partial charge in [-0.05, 0) is 38.7 Å². The maximum absolute atomic E-state index is 12.0. The molecule has 1 aromatic carbocycles. The SMILES string of the molecule is CCCNS(=O)(=O)c1cccc(C(=O)NCCN(C)C)c1. The van der Waals surface area contributed by atoms with Gasteiger partial charge in [-0.3, -0.25) is 4.79 Å². The zero-order valence-electron chi connectivity index (χ0n) is 12.7. The standard InChI is InChI=1S/C14H23N3O3S/c1-4-8-16-21(19,20)13-7-5-6-12(11-13)14(18)15-9-10-17(2)3/h5-7,11,16H,4,8-10H2,1-3H3,(H,15,18). The molecule has 0 heterocycles. The molecule has 0 saturated heterocycles. The zero-order valence-corrected chi connectivity index (χ0v) is 13.5. The van der Waals surface area contributed by atoms with Crippen molar-refractivity contribution in [2.75, 3.05) is 33.7 Å². The second kappa shape index (κ2) is 8.11. The summed E-state index contributed by atoms with van der Waals surface area (Å²) in [5.41, 5.74) is 0.341. The number of carbonyl (C=O) groups excluding carboxylic acids is 1. The van der Waals surface area contributed by atoms with Crippen LogP contribution in [0.25, 0.3) is 0 Å². The second-order valence-electron chi connectivity index (χ2n) is 4.98. The van der Waals surface area contributed by atoms with Crippen molar-refractivity contribution in [2.24, 2.45) is 0 Å². The van der Waals surface area contributed by atoms with Gasteiger partial charge in [0.25, 0.3) is 5.91 Å². The summed E-state index contributed by atoms with van der Waals surface area (Å²) in [5.74, 6) is -0.274. The Hall–Kier alpha value is -1.44. The second-order valence-corrected chi connectivity index (χ2v) is 6.75. The van der Waals surface area contributed by atoms with Gasteiger partial charge in [0.15, 0.2) is 0 Å². The number of nitrogens with zero attached hydrogens (tertiary/aromatic N) is 1. The van der Waals surface area contributed by atoms with Gasteiger partial charge in [0.05, 0.1) is 4.90 Å². The fourth-order valence-corrected chi connectivity index (χ4v) is 2.80. The van der Waals surface area contributed by atoms with Crippen molar-refractivity contribution in [3.8, 4) is 0 Å². The first-order valence-electron chi connectivity index (χ1n) is 6.89. The van der Waals surface area contributed by atoms with E-state index >= 15 is 0 Å². The largest absolute Gasteiger partial charge is 0.351 e. The molecule has 21 heavy (non-hydrogen) atoms. The van der Waals surface area contributed by atoms with Gasteiger partial charge >= 0.3 is 0 Å². The van der Waals surface area contributed by atoms with Crippen molar-refractivity contribution in [1.29, 1.82) is 0 Å². The minimum atomic E-state index is -3.55. The quantitative estimate of drug-likeness (QED) is 0.739. The van der Waals surface area contributed by atoms with Gasteiger partial charge in [0, 0.05) is 25.2 Å². The van der Waals surface area contributed by atoms with Gasteiger partial charge in [-0.2, -0.15) is 0 Å². The Morgan fingerprint density at radius 2 is 1.95 bits per heavy atom. The van der Waals surface area contributed by atoms with Crippen LogP contribution in [-0.2, 0) is 10.0 Å². The van der Waals surface area contributed by atoms with E-state index < -0.39 is 10.0 Å². The molecule has 0 atom stereocenters. The molecular formula is C14H23N3O3S. The number of likely N-dealkylation sites (N-methyl/N-ethyl adjacent to an activating group) is 1. The van der Waals surface area contributed by atoms with Gasteiger partial charge in [-0.1, -0.05) is 13.0 Å². The van der Waals surface area contributed by atoms with Gasteiger partial charge in [0.2, 0.25) is 10.0 Å². The smallest absolute Gasteiger partial charge is 0.251 e. The highest BCUT2D eigenvalue weighted by atomic mass is 32.2. The van der Waals surface area contributed by atoms with E-state index in [1.165, 1.54) is 12.1 Å². The van der Waals surface area contributed by atoms with E-state index in [4.69, 9.17) is 0 Å². The average molecular weight is 313 g/mol. The monoisotopic (exact) mass is 313 g/mol. The molecule has 0 aromatic heterocycles. The van der Waals surface area contributed by atoms with Crippen molar-refractivity contribution >= 4 is 15.9 Å². The number of amides is 1. The fraction of sp³-hybridized carbons (Fsp3) is 0.500. The Bertz CT molecular complexity index is 571. The molecule has 1 rings (SSSR count). The summed E-state index contributed by atoms with van der Waals surface area (Å²) in [5, 5.41) is 2.76. The normalized spacial score (nSPS) is 11.6. The molecule has 0 spiro atoms. The van der Waals surface area contributed by atoms with Crippen LogP contribution in [-0.4, -0.2) is 53.0 Å². The molecule has 118 valence electrons. The Labute approximate surface area is 126 Å². The maximum atomic E-state index is 12.0. The molecule has 0 aliphatic rings. The van der Waals surface area contributed by atoms with E-state index in [9.17, 15) is 13.2 Å². The summed E-state index contributed by atoms with van der Waals surface area (Å²) >= 11 is 0. The number of hydrogen-bond acceptors (Lipinski definition) is 4. The van der Waals surface area contributed by atoms with Crippen LogP contribution in [0, 0.1) is 0 Å². The molecule has 6 nitrogen and oxygen atoms in total. The van der Waals surface area contributed by atoms with Gasteiger partial charge in [0.1, 0.15) is 0 Å². The average Bonchev–Trinajstić information content (AvgIpc) is 2.45. The summed E-state index contributed by atoms with van der Waals surface area (Å²) in [6.45, 7) is 3.50. The lowest BCUT2D eigenvalue weighted by Crippen LogP contribution is -2.31. The molecule has 0 radical (unpaired) electrons. The van der Waals surface area contributed by atoms with Crippen LogP contribution in [0.1, 0.15) is 23.7 Å². The first-order valence-corrected chi connectivity index (χ1v) is 8.38. The summed E-state index contributed by atoms with van der Waals surface area (Å²) in [7, 11) is 0.280. The minimum absolute atomic E-state index is 0.108. The molecule has 2 N–H and O–H groups in total. The molecule has 0 aliphatic carbocycles. The molecular weight excluding hydrogens is 290 g/mol. The van der Waals surface area contributed by atoms with Crippen LogP contribution < -0.4 is 10.0 Å². The number of benzene rings is 1. The Balaban J connectivity index is 2.78. The third-order valence-electron chi connectivity index (χ3n) is 2.79. The van der Waals surface area contributed by atoms with Gasteiger partial charge in [-0.15, -0.1) is 0 Å². The summed E-state index contributed by atoms with van der Waals surface area (Å²) in [4.78, 5) is 14.0. The predicted octanol–water partition coefficient (Wildman–Crippen LogP) is 0.666. The molecule has 0 bridgehead atoms. The number of nitrogens with one attached hydrogen (secondary N) is 2. The van der Waals surface area contributed by atoms with Crippen molar-refractivity contribution < 1.29 is 13.2 Å². The third-order valence-corrected chi connectivity index (χ3v) is 4.25. The predicted molar refractivity (Wildman–Crippen MR) is 82.8 cm³/mol. The van der Waals surface area contributed by atoms with Crippen molar-refractivity contribution in [3.05, 3.63) is 29.8 Å². The maximum Gasteiger partial charge on any atom is 0.251 e. The summed E-state index contributed by atoms with van der Waals surface area (Å²) in [6.07, 6.45) is 0.712. The number of carbonyl (C=O) groups is 1. The van der Waals surface area contributed by atoms with Gasteiger partial charge < -0.3 is 10.2 Å². The molecule has 7 heteroatoms. The molecule has 0 saturated carbocycles. The van der Waals surface area contributed by atoms with Crippen LogP contribution in [0.4, 0.5) is 0 Å². The van der Waals surface area contributed by atoms with Crippen LogP contribution in [0.15, 0.2) is 29.2 Å². The zero-order chi connectivity index (χ0) is 15.9. The first kappa shape index (κ1) is 17.6. The Kier molecular flexibility index (Phi) is 6.80. The van der Waals surface area contributed by atoms with E-state index in [2.05, 4.69) is 10.0 Å². The highest BCUT2D eigenvalue weighted by Gasteiger charge is 2.15. The lowest BCUT2D eigenvalue weighted by molar-refractivity contribution is 0.0951. The molecule has 0 aliphatic heterocycles. The van der Waals surface area contributed by atoms with Crippen molar-refractivity contribution in [1.82, 2.24) is 14.9 Å². The topological polar surface area (TPSA) is 78.5 Å². The lowest BCUT2D eigenvalue weighted by Gasteiger charge is -2.11. The van der Waals surface area contributed by atoms with E-state index in [-0.39, 0.29) is 10.8 Å². The van der Waals surface area contributed by atoms with Crippen molar-refractivity contribution in [2.45, 2.75) is 18.2 Å². The van der Waals surface area contributed by atoms with E-state index in [1.807, 2.05) is 25.9 Å². The number of hydrogen-bond donors (Lipinski definition) is 2. The highest BCUT2D eigenvalue weighted by molar-refractivity contribution is 7.89. The Morgan fingerprint density at radius 3 is 2.57 bits per heavy atom. The van der Waals surface area contributed by atoms with Crippen LogP contribution >= 0.6 is 0 Å².